The maximum atomic E-state index is 12.1. The van der Waals surface area contributed by atoms with Crippen molar-refractivity contribution in [2.45, 2.75) is 46.3 Å². The first-order chi connectivity index (χ1) is 11.0. The first-order valence-corrected chi connectivity index (χ1v) is 7.91. The molecule has 2 aromatic rings. The minimum absolute atomic E-state index is 0.0754. The zero-order chi connectivity index (χ0) is 16.8. The molecule has 1 amide bonds. The Morgan fingerprint density at radius 1 is 1.13 bits per heavy atom. The molecule has 0 saturated carbocycles. The van der Waals surface area contributed by atoms with Crippen LogP contribution in [0, 0.1) is 0 Å². The normalized spacial score (nSPS) is 10.9. The summed E-state index contributed by atoms with van der Waals surface area (Å²) in [5.41, 5.74) is 1.59. The summed E-state index contributed by atoms with van der Waals surface area (Å²) in [5, 5.41) is 2.86. The van der Waals surface area contributed by atoms with Crippen LogP contribution < -0.4 is 10.2 Å². The Morgan fingerprint density at radius 2 is 1.83 bits per heavy atom. The van der Waals surface area contributed by atoms with Gasteiger partial charge in [0.1, 0.15) is 17.8 Å². The van der Waals surface area contributed by atoms with E-state index in [4.69, 9.17) is 0 Å². The molecule has 0 spiro atoms. The van der Waals surface area contributed by atoms with Crippen LogP contribution in [0.25, 0.3) is 0 Å². The number of hydrogen-bond donors (Lipinski definition) is 1. The van der Waals surface area contributed by atoms with E-state index in [1.807, 2.05) is 32.0 Å². The van der Waals surface area contributed by atoms with Crippen molar-refractivity contribution in [3.8, 4) is 0 Å². The molecular weight excluding hydrogens is 288 g/mol. The number of hydrogen-bond acceptors (Lipinski definition) is 4. The Morgan fingerprint density at radius 3 is 2.43 bits per heavy atom. The third-order valence-electron chi connectivity index (χ3n) is 3.42. The van der Waals surface area contributed by atoms with E-state index in [0.717, 1.165) is 12.4 Å². The standard InChI is InChI=1S/C18H24N4O/c1-13(2)21-18(23)16-10-17(20-12-19-16)22(14(3)4)11-15-8-6-5-7-9-15/h5-10,12-14H,11H2,1-4H3,(H,21,23). The number of carbonyl (C=O) groups excluding carboxylic acids is 1. The Labute approximate surface area is 137 Å². The average Bonchev–Trinajstić information content (AvgIpc) is 2.53. The maximum absolute atomic E-state index is 12.1. The van der Waals surface area contributed by atoms with Gasteiger partial charge in [-0.05, 0) is 33.3 Å². The van der Waals surface area contributed by atoms with Crippen LogP contribution in [0.1, 0.15) is 43.7 Å². The zero-order valence-electron chi connectivity index (χ0n) is 14.2. The largest absolute Gasteiger partial charge is 0.350 e. The molecule has 0 atom stereocenters. The second-order valence-electron chi connectivity index (χ2n) is 6.10. The molecule has 0 saturated heterocycles. The highest BCUT2D eigenvalue weighted by molar-refractivity contribution is 5.93. The summed E-state index contributed by atoms with van der Waals surface area (Å²) in [6.07, 6.45) is 1.45. The molecular formula is C18H24N4O. The van der Waals surface area contributed by atoms with Crippen LogP contribution in [0.3, 0.4) is 0 Å². The van der Waals surface area contributed by atoms with Crippen molar-refractivity contribution < 1.29 is 4.79 Å². The third kappa shape index (κ3) is 4.77. The maximum Gasteiger partial charge on any atom is 0.270 e. The lowest BCUT2D eigenvalue weighted by atomic mass is 10.2. The summed E-state index contributed by atoms with van der Waals surface area (Å²) < 4.78 is 0. The smallest absolute Gasteiger partial charge is 0.270 e. The SMILES string of the molecule is CC(C)NC(=O)c1cc(N(Cc2ccccc2)C(C)C)ncn1. The Balaban J connectivity index is 2.24. The minimum Gasteiger partial charge on any atom is -0.350 e. The molecule has 1 aromatic carbocycles. The van der Waals surface area contributed by atoms with E-state index in [-0.39, 0.29) is 18.0 Å². The van der Waals surface area contributed by atoms with Crippen LogP contribution in [0.5, 0.6) is 0 Å². The van der Waals surface area contributed by atoms with Crippen molar-refractivity contribution in [2.24, 2.45) is 0 Å². The topological polar surface area (TPSA) is 58.1 Å². The van der Waals surface area contributed by atoms with Gasteiger partial charge in [-0.1, -0.05) is 30.3 Å². The van der Waals surface area contributed by atoms with Gasteiger partial charge in [0.05, 0.1) is 0 Å². The van der Waals surface area contributed by atoms with Gasteiger partial charge in [0.25, 0.3) is 5.91 Å². The summed E-state index contributed by atoms with van der Waals surface area (Å²) in [5.74, 6) is 0.583. The van der Waals surface area contributed by atoms with Crippen molar-refractivity contribution in [3.05, 3.63) is 54.0 Å². The fourth-order valence-corrected chi connectivity index (χ4v) is 2.27. The lowest BCUT2D eigenvalue weighted by Gasteiger charge is -2.28. The number of nitrogens with one attached hydrogen (secondary N) is 1. The van der Waals surface area contributed by atoms with Crippen LogP contribution in [-0.4, -0.2) is 28.0 Å². The number of carbonyl (C=O) groups is 1. The number of rotatable bonds is 6. The van der Waals surface area contributed by atoms with Crippen LogP contribution in [0.2, 0.25) is 0 Å². The van der Waals surface area contributed by atoms with E-state index in [0.29, 0.717) is 5.69 Å². The fourth-order valence-electron chi connectivity index (χ4n) is 2.27. The lowest BCUT2D eigenvalue weighted by Crippen LogP contribution is -2.33. The molecule has 0 aliphatic carbocycles. The van der Waals surface area contributed by atoms with Gasteiger partial charge in [-0.15, -0.1) is 0 Å². The summed E-state index contributed by atoms with van der Waals surface area (Å²) in [6.45, 7) is 8.81. The Hall–Kier alpha value is -2.43. The molecule has 0 aliphatic rings. The van der Waals surface area contributed by atoms with Gasteiger partial charge in [-0.2, -0.15) is 0 Å². The highest BCUT2D eigenvalue weighted by atomic mass is 16.1. The molecule has 0 aliphatic heterocycles. The molecule has 2 rings (SSSR count). The van der Waals surface area contributed by atoms with Gasteiger partial charge >= 0.3 is 0 Å². The fraction of sp³-hybridized carbons (Fsp3) is 0.389. The van der Waals surface area contributed by atoms with E-state index in [9.17, 15) is 4.79 Å². The van der Waals surface area contributed by atoms with Gasteiger partial charge in [0.2, 0.25) is 0 Å². The van der Waals surface area contributed by atoms with Gasteiger partial charge in [-0.3, -0.25) is 4.79 Å². The van der Waals surface area contributed by atoms with E-state index >= 15 is 0 Å². The van der Waals surface area contributed by atoms with Gasteiger partial charge in [-0.25, -0.2) is 9.97 Å². The van der Waals surface area contributed by atoms with Crippen LogP contribution >= 0.6 is 0 Å². The second kappa shape index (κ2) is 7.72. The monoisotopic (exact) mass is 312 g/mol. The molecule has 23 heavy (non-hydrogen) atoms. The van der Waals surface area contributed by atoms with Crippen molar-refractivity contribution in [3.63, 3.8) is 0 Å². The van der Waals surface area contributed by atoms with Gasteiger partial charge in [0, 0.05) is 24.7 Å². The highest BCUT2D eigenvalue weighted by Crippen LogP contribution is 2.18. The first kappa shape index (κ1) is 16.9. The summed E-state index contributed by atoms with van der Waals surface area (Å²) in [4.78, 5) is 22.7. The molecule has 0 fully saturated rings. The molecule has 5 heteroatoms. The Kier molecular flexibility index (Phi) is 5.68. The molecule has 122 valence electrons. The predicted octanol–water partition coefficient (Wildman–Crippen LogP) is 3.03. The van der Waals surface area contributed by atoms with E-state index < -0.39 is 0 Å². The second-order valence-corrected chi connectivity index (χ2v) is 6.10. The highest BCUT2D eigenvalue weighted by Gasteiger charge is 2.16. The molecule has 1 N–H and O–H groups in total. The number of nitrogens with zero attached hydrogens (tertiary/aromatic N) is 3. The van der Waals surface area contributed by atoms with Crippen LogP contribution in [0.4, 0.5) is 5.82 Å². The van der Waals surface area contributed by atoms with Crippen LogP contribution in [-0.2, 0) is 6.54 Å². The van der Waals surface area contributed by atoms with E-state index in [1.165, 1.54) is 11.9 Å². The number of amides is 1. The van der Waals surface area contributed by atoms with E-state index in [2.05, 4.69) is 46.2 Å². The van der Waals surface area contributed by atoms with Crippen molar-refractivity contribution in [1.82, 2.24) is 15.3 Å². The van der Waals surface area contributed by atoms with Crippen LogP contribution in [0.15, 0.2) is 42.7 Å². The lowest BCUT2D eigenvalue weighted by molar-refractivity contribution is 0.0938. The third-order valence-corrected chi connectivity index (χ3v) is 3.42. The average molecular weight is 312 g/mol. The van der Waals surface area contributed by atoms with Crippen molar-refractivity contribution in [1.29, 1.82) is 0 Å². The molecule has 5 nitrogen and oxygen atoms in total. The summed E-state index contributed by atoms with van der Waals surface area (Å²) in [7, 11) is 0. The van der Waals surface area contributed by atoms with Gasteiger partial charge < -0.3 is 10.2 Å². The Bertz CT molecular complexity index is 640. The van der Waals surface area contributed by atoms with Gasteiger partial charge in [0.15, 0.2) is 0 Å². The predicted molar refractivity (Wildman–Crippen MR) is 92.4 cm³/mol. The molecule has 1 heterocycles. The number of aromatic nitrogens is 2. The zero-order valence-corrected chi connectivity index (χ0v) is 14.2. The molecule has 1 aromatic heterocycles. The quantitative estimate of drug-likeness (QED) is 0.891. The minimum atomic E-state index is -0.174. The van der Waals surface area contributed by atoms with E-state index in [1.54, 1.807) is 6.07 Å². The summed E-state index contributed by atoms with van der Waals surface area (Å²) in [6, 6.07) is 12.3. The molecule has 0 radical (unpaired) electrons. The molecule has 0 unspecified atom stereocenters. The number of benzene rings is 1. The van der Waals surface area contributed by atoms with Crippen molar-refractivity contribution >= 4 is 11.7 Å². The number of anilines is 1. The molecule has 0 bridgehead atoms. The van der Waals surface area contributed by atoms with Crippen molar-refractivity contribution in [2.75, 3.05) is 4.90 Å². The first-order valence-electron chi connectivity index (χ1n) is 7.91. The summed E-state index contributed by atoms with van der Waals surface area (Å²) >= 11 is 0.